The van der Waals surface area contributed by atoms with E-state index < -0.39 is 0 Å². The zero-order valence-corrected chi connectivity index (χ0v) is 26.6. The van der Waals surface area contributed by atoms with Gasteiger partial charge in [-0.3, -0.25) is 4.79 Å². The van der Waals surface area contributed by atoms with E-state index in [1.807, 2.05) is 49.2 Å². The molecule has 1 amide bonds. The summed E-state index contributed by atoms with van der Waals surface area (Å²) in [6, 6.07) is 33.3. The van der Waals surface area contributed by atoms with Gasteiger partial charge in [-0.2, -0.15) is 0 Å². The van der Waals surface area contributed by atoms with E-state index >= 15 is 0 Å². The monoisotopic (exact) mass is 603 g/mol. The summed E-state index contributed by atoms with van der Waals surface area (Å²) in [4.78, 5) is 25.3. The average Bonchev–Trinajstić information content (AvgIpc) is 3.28. The van der Waals surface area contributed by atoms with Crippen LogP contribution in [0, 0.1) is 0 Å². The van der Waals surface area contributed by atoms with Crippen LogP contribution in [0.4, 0.5) is 5.95 Å². The Bertz CT molecular complexity index is 1700. The smallest absolute Gasteiger partial charge is 0.253 e. The van der Waals surface area contributed by atoms with Crippen molar-refractivity contribution in [2.45, 2.75) is 32.2 Å². The van der Waals surface area contributed by atoms with Crippen LogP contribution < -0.4 is 4.90 Å². The summed E-state index contributed by atoms with van der Waals surface area (Å²) in [5.41, 5.74) is 4.23. The number of para-hydroxylation sites is 2. The predicted molar refractivity (Wildman–Crippen MR) is 184 cm³/mol. The second-order valence-corrected chi connectivity index (χ2v) is 12.1. The molecule has 0 saturated carbocycles. The van der Waals surface area contributed by atoms with Crippen molar-refractivity contribution < 1.29 is 9.53 Å². The fourth-order valence-corrected chi connectivity index (χ4v) is 6.60. The van der Waals surface area contributed by atoms with Crippen LogP contribution in [0.5, 0.6) is 0 Å². The molecule has 234 valence electrons. The molecule has 5 aromatic rings. The molecule has 0 radical (unpaired) electrons. The van der Waals surface area contributed by atoms with Crippen LogP contribution in [-0.2, 0) is 11.3 Å². The normalized spacial score (nSPS) is 14.9. The lowest BCUT2D eigenvalue weighted by Gasteiger charge is -2.28. The van der Waals surface area contributed by atoms with Crippen molar-refractivity contribution in [3.05, 3.63) is 108 Å². The van der Waals surface area contributed by atoms with E-state index in [2.05, 4.69) is 81.1 Å². The van der Waals surface area contributed by atoms with Gasteiger partial charge in [-0.1, -0.05) is 72.8 Å². The summed E-state index contributed by atoms with van der Waals surface area (Å²) >= 11 is 0. The Hall–Kier alpha value is -4.20. The van der Waals surface area contributed by atoms with Crippen molar-refractivity contribution in [3.63, 3.8) is 0 Å². The van der Waals surface area contributed by atoms with E-state index in [4.69, 9.17) is 9.72 Å². The van der Waals surface area contributed by atoms with Crippen LogP contribution in [-0.4, -0.2) is 84.8 Å². The third-order valence-corrected chi connectivity index (χ3v) is 9.07. The van der Waals surface area contributed by atoms with Crippen LogP contribution in [0.1, 0.15) is 41.6 Å². The molecule has 4 aromatic carbocycles. The standard InChI is InChI=1S/C38H45N5O2/c1-3-45-27-26-43-36-17-10-9-16-35(36)39-38(43)42-22-11-21-41(24-25-42)23-20-34(29-40(2)37(44)31-13-5-4-6-14-31)33-19-18-30-12-7-8-15-32(30)28-33/h4-10,12-19,28,34H,3,11,20-27,29H2,1-2H3. The molecular formula is C38H45N5O2. The van der Waals surface area contributed by atoms with Crippen molar-refractivity contribution >= 4 is 33.7 Å². The molecule has 1 saturated heterocycles. The number of benzene rings is 4. The Morgan fingerprint density at radius 2 is 1.64 bits per heavy atom. The first-order chi connectivity index (χ1) is 22.1. The number of carbonyl (C=O) groups excluding carboxylic acids is 1. The first-order valence-electron chi connectivity index (χ1n) is 16.4. The number of aromatic nitrogens is 2. The molecule has 2 heterocycles. The molecule has 1 unspecified atom stereocenters. The highest BCUT2D eigenvalue weighted by Crippen LogP contribution is 2.27. The quantitative estimate of drug-likeness (QED) is 0.149. The maximum atomic E-state index is 13.3. The van der Waals surface area contributed by atoms with Gasteiger partial charge in [-0.15, -0.1) is 0 Å². The molecule has 0 spiro atoms. The Balaban J connectivity index is 1.16. The van der Waals surface area contributed by atoms with Crippen LogP contribution >= 0.6 is 0 Å². The number of fused-ring (bicyclic) bond motifs is 2. The van der Waals surface area contributed by atoms with Crippen molar-refractivity contribution in [2.24, 2.45) is 0 Å². The fourth-order valence-electron chi connectivity index (χ4n) is 6.60. The lowest BCUT2D eigenvalue weighted by atomic mass is 9.92. The molecule has 1 aliphatic heterocycles. The minimum atomic E-state index is 0.0685. The summed E-state index contributed by atoms with van der Waals surface area (Å²) < 4.78 is 8.05. The third kappa shape index (κ3) is 7.38. The number of amides is 1. The summed E-state index contributed by atoms with van der Waals surface area (Å²) in [5, 5.41) is 2.49. The topological polar surface area (TPSA) is 53.8 Å². The van der Waals surface area contributed by atoms with Gasteiger partial charge in [-0.05, 0) is 73.5 Å². The van der Waals surface area contributed by atoms with E-state index in [-0.39, 0.29) is 11.8 Å². The molecule has 0 N–H and O–H groups in total. The number of imidazole rings is 1. The van der Waals surface area contributed by atoms with Gasteiger partial charge in [0.05, 0.1) is 17.6 Å². The average molecular weight is 604 g/mol. The van der Waals surface area contributed by atoms with Gasteiger partial charge >= 0.3 is 0 Å². The minimum Gasteiger partial charge on any atom is -0.380 e. The number of likely N-dealkylation sites (N-methyl/N-ethyl adjacent to an activating group) is 1. The van der Waals surface area contributed by atoms with E-state index in [1.54, 1.807) is 0 Å². The molecule has 7 nitrogen and oxygen atoms in total. The largest absolute Gasteiger partial charge is 0.380 e. The molecule has 1 aliphatic rings. The van der Waals surface area contributed by atoms with Crippen molar-refractivity contribution in [3.8, 4) is 0 Å². The SMILES string of the molecule is CCOCCn1c(N2CCCN(CCC(CN(C)C(=O)c3ccccc3)c3ccc4ccccc4c3)CC2)nc2ccccc21. The number of rotatable bonds is 12. The number of ether oxygens (including phenoxy) is 1. The number of hydrogen-bond donors (Lipinski definition) is 0. The van der Waals surface area contributed by atoms with E-state index in [1.165, 1.54) is 21.9 Å². The number of hydrogen-bond acceptors (Lipinski definition) is 5. The van der Waals surface area contributed by atoms with E-state index in [0.29, 0.717) is 13.2 Å². The van der Waals surface area contributed by atoms with Crippen molar-refractivity contribution in [2.75, 3.05) is 64.4 Å². The molecular weight excluding hydrogens is 558 g/mol. The minimum absolute atomic E-state index is 0.0685. The Morgan fingerprint density at radius 3 is 2.49 bits per heavy atom. The zero-order chi connectivity index (χ0) is 31.0. The molecule has 0 aliphatic carbocycles. The molecule has 1 aromatic heterocycles. The fraction of sp³-hybridized carbons (Fsp3) is 0.368. The number of carbonyl (C=O) groups is 1. The summed E-state index contributed by atoms with van der Waals surface area (Å²) in [7, 11) is 1.94. The highest BCUT2D eigenvalue weighted by Gasteiger charge is 2.23. The van der Waals surface area contributed by atoms with Crippen LogP contribution in [0.2, 0.25) is 0 Å². The van der Waals surface area contributed by atoms with Crippen LogP contribution in [0.15, 0.2) is 97.1 Å². The highest BCUT2D eigenvalue weighted by atomic mass is 16.5. The third-order valence-electron chi connectivity index (χ3n) is 9.07. The van der Waals surface area contributed by atoms with Crippen molar-refractivity contribution in [1.82, 2.24) is 19.4 Å². The Kier molecular flexibility index (Phi) is 10.1. The maximum Gasteiger partial charge on any atom is 0.253 e. The Labute approximate surface area is 267 Å². The molecule has 45 heavy (non-hydrogen) atoms. The first-order valence-corrected chi connectivity index (χ1v) is 16.4. The molecule has 7 heteroatoms. The van der Waals surface area contributed by atoms with Crippen LogP contribution in [0.3, 0.4) is 0 Å². The van der Waals surface area contributed by atoms with Gasteiger partial charge in [-0.25, -0.2) is 4.98 Å². The molecule has 0 bridgehead atoms. The van der Waals surface area contributed by atoms with Gasteiger partial charge in [0.1, 0.15) is 0 Å². The zero-order valence-electron chi connectivity index (χ0n) is 26.6. The van der Waals surface area contributed by atoms with Gasteiger partial charge in [0.2, 0.25) is 5.95 Å². The Morgan fingerprint density at radius 1 is 0.867 bits per heavy atom. The summed E-state index contributed by atoms with van der Waals surface area (Å²) in [5.74, 6) is 1.35. The predicted octanol–water partition coefficient (Wildman–Crippen LogP) is 6.68. The summed E-state index contributed by atoms with van der Waals surface area (Å²) in [6.07, 6.45) is 2.07. The molecule has 1 fully saturated rings. The van der Waals surface area contributed by atoms with Gasteiger partial charge in [0.15, 0.2) is 0 Å². The maximum absolute atomic E-state index is 13.3. The van der Waals surface area contributed by atoms with E-state index in [9.17, 15) is 4.79 Å². The molecule has 1 atom stereocenters. The van der Waals surface area contributed by atoms with Gasteiger partial charge < -0.3 is 24.0 Å². The second kappa shape index (κ2) is 14.7. The van der Waals surface area contributed by atoms with Crippen LogP contribution in [0.25, 0.3) is 21.8 Å². The second-order valence-electron chi connectivity index (χ2n) is 12.1. The summed E-state index contributed by atoms with van der Waals surface area (Å²) in [6.45, 7) is 9.86. The number of nitrogens with zero attached hydrogens (tertiary/aromatic N) is 5. The first kappa shape index (κ1) is 30.8. The van der Waals surface area contributed by atoms with E-state index in [0.717, 1.165) is 75.7 Å². The number of anilines is 1. The van der Waals surface area contributed by atoms with Gasteiger partial charge in [0, 0.05) is 57.9 Å². The van der Waals surface area contributed by atoms with Crippen molar-refractivity contribution in [1.29, 1.82) is 0 Å². The molecule has 6 rings (SSSR count). The highest BCUT2D eigenvalue weighted by molar-refractivity contribution is 5.94. The lowest BCUT2D eigenvalue weighted by Crippen LogP contribution is -2.35. The lowest BCUT2D eigenvalue weighted by molar-refractivity contribution is 0.0783. The van der Waals surface area contributed by atoms with Gasteiger partial charge in [0.25, 0.3) is 5.91 Å².